The summed E-state index contributed by atoms with van der Waals surface area (Å²) in [5, 5.41) is 0.705. The number of benzene rings is 1. The highest BCUT2D eigenvalue weighted by atomic mass is 32.2. The van der Waals surface area contributed by atoms with Crippen LogP contribution in [0.4, 0.5) is 19.0 Å². The van der Waals surface area contributed by atoms with Crippen molar-refractivity contribution < 1.29 is 21.6 Å². The minimum Gasteiger partial charge on any atom is -0.355 e. The Morgan fingerprint density at radius 1 is 1.21 bits per heavy atom. The third-order valence-corrected chi connectivity index (χ3v) is 9.42. The van der Waals surface area contributed by atoms with E-state index in [1.807, 2.05) is 12.1 Å². The minimum absolute atomic E-state index is 0.210. The second-order valence-corrected chi connectivity index (χ2v) is 12.4. The maximum atomic E-state index is 12.8. The molecule has 3 aromatic rings. The van der Waals surface area contributed by atoms with E-state index in [1.165, 1.54) is 13.4 Å². The largest absolute Gasteiger partial charge is 0.393 e. The predicted molar refractivity (Wildman–Crippen MR) is 126 cm³/mol. The van der Waals surface area contributed by atoms with E-state index in [-0.39, 0.29) is 15.2 Å². The van der Waals surface area contributed by atoms with E-state index >= 15 is 0 Å². The van der Waals surface area contributed by atoms with Crippen molar-refractivity contribution in [3.8, 4) is 0 Å². The quantitative estimate of drug-likeness (QED) is 0.527. The number of halogens is 3. The molecule has 2 aliphatic rings. The molecule has 1 aliphatic carbocycles. The number of nitrogens with one attached hydrogen (secondary N) is 1. The Morgan fingerprint density at radius 3 is 2.62 bits per heavy atom. The molecule has 1 saturated carbocycles. The predicted octanol–water partition coefficient (Wildman–Crippen LogP) is 4.55. The van der Waals surface area contributed by atoms with Gasteiger partial charge in [0, 0.05) is 18.0 Å². The lowest BCUT2D eigenvalue weighted by Crippen LogP contribution is -2.40. The number of sulfonamides is 1. The van der Waals surface area contributed by atoms with Crippen LogP contribution in [-0.4, -0.2) is 44.7 Å². The van der Waals surface area contributed by atoms with Gasteiger partial charge in [-0.3, -0.25) is 0 Å². The molecule has 182 valence electrons. The maximum Gasteiger partial charge on any atom is 0.393 e. The molecule has 1 aliphatic heterocycles. The fourth-order valence-electron chi connectivity index (χ4n) is 5.44. The zero-order chi connectivity index (χ0) is 24.1. The molecule has 34 heavy (non-hydrogen) atoms. The SMILES string of the molecule is CNS(=O)(=O)c1ccc(CC2CC3(CCN(c4ncnc5sc(CC(F)(F)F)cc45)C3)C2)cc1. The van der Waals surface area contributed by atoms with E-state index in [4.69, 9.17) is 0 Å². The molecule has 0 bridgehead atoms. The number of anilines is 1. The first-order valence-electron chi connectivity index (χ1n) is 11.1. The standard InChI is InChI=1S/C23H25F3N4O2S2/c1-27-34(31,32)18-4-2-15(3-5-18)8-16-10-22(11-16)6-7-30(13-22)20-19-9-17(12-23(24,25)26)33-21(19)29-14-28-20/h2-5,9,14,16,27H,6-8,10-13H2,1H3. The first-order valence-corrected chi connectivity index (χ1v) is 13.4. The van der Waals surface area contributed by atoms with Gasteiger partial charge in [0.05, 0.1) is 16.7 Å². The van der Waals surface area contributed by atoms with Crippen molar-refractivity contribution >= 4 is 37.4 Å². The van der Waals surface area contributed by atoms with Gasteiger partial charge in [-0.25, -0.2) is 23.1 Å². The number of rotatable bonds is 6. The van der Waals surface area contributed by atoms with Crippen LogP contribution in [0.1, 0.15) is 29.7 Å². The van der Waals surface area contributed by atoms with Gasteiger partial charge < -0.3 is 4.90 Å². The van der Waals surface area contributed by atoms with Gasteiger partial charge in [0.15, 0.2) is 0 Å². The first-order chi connectivity index (χ1) is 16.1. The van der Waals surface area contributed by atoms with Gasteiger partial charge in [0.1, 0.15) is 17.0 Å². The Balaban J connectivity index is 1.23. The van der Waals surface area contributed by atoms with Crippen LogP contribution >= 0.6 is 11.3 Å². The summed E-state index contributed by atoms with van der Waals surface area (Å²) in [6, 6.07) is 8.63. The van der Waals surface area contributed by atoms with Gasteiger partial charge in [0.2, 0.25) is 10.0 Å². The molecule has 6 nitrogen and oxygen atoms in total. The third kappa shape index (κ3) is 4.65. The summed E-state index contributed by atoms with van der Waals surface area (Å²) in [5.41, 5.74) is 1.33. The summed E-state index contributed by atoms with van der Waals surface area (Å²) in [6.45, 7) is 1.68. The molecule has 11 heteroatoms. The Labute approximate surface area is 200 Å². The average Bonchev–Trinajstić information content (AvgIpc) is 3.36. The second kappa shape index (κ2) is 8.46. The summed E-state index contributed by atoms with van der Waals surface area (Å²) in [4.78, 5) is 11.9. The number of nitrogens with zero attached hydrogens (tertiary/aromatic N) is 3. The topological polar surface area (TPSA) is 75.2 Å². The minimum atomic E-state index is -4.24. The van der Waals surface area contributed by atoms with Gasteiger partial charge in [-0.05, 0) is 67.8 Å². The molecule has 1 saturated heterocycles. The van der Waals surface area contributed by atoms with Crippen LogP contribution < -0.4 is 9.62 Å². The molecule has 0 atom stereocenters. The van der Waals surface area contributed by atoms with Crippen LogP contribution in [0.25, 0.3) is 10.2 Å². The summed E-state index contributed by atoms with van der Waals surface area (Å²) >= 11 is 1.08. The lowest BCUT2D eigenvalue weighted by Gasteiger charge is -2.45. The molecule has 0 amide bonds. The van der Waals surface area contributed by atoms with Crippen LogP contribution in [0.5, 0.6) is 0 Å². The lowest BCUT2D eigenvalue weighted by atomic mass is 9.60. The second-order valence-electron chi connectivity index (χ2n) is 9.42. The Kier molecular flexibility index (Phi) is 5.84. The summed E-state index contributed by atoms with van der Waals surface area (Å²) < 4.78 is 64.6. The Hall–Kier alpha value is -2.24. The van der Waals surface area contributed by atoms with Crippen LogP contribution in [0.2, 0.25) is 0 Å². The van der Waals surface area contributed by atoms with Crippen molar-refractivity contribution in [3.05, 3.63) is 47.1 Å². The molecule has 2 fully saturated rings. The van der Waals surface area contributed by atoms with Crippen LogP contribution in [-0.2, 0) is 22.9 Å². The number of hydrogen-bond acceptors (Lipinski definition) is 6. The highest BCUT2D eigenvalue weighted by Gasteiger charge is 2.48. The van der Waals surface area contributed by atoms with Gasteiger partial charge in [-0.2, -0.15) is 13.2 Å². The molecule has 5 rings (SSSR count). The molecule has 1 N–H and O–H groups in total. The van der Waals surface area contributed by atoms with E-state index in [9.17, 15) is 21.6 Å². The summed E-state index contributed by atoms with van der Waals surface area (Å²) in [5.74, 6) is 1.27. The van der Waals surface area contributed by atoms with E-state index in [2.05, 4.69) is 19.6 Å². The van der Waals surface area contributed by atoms with Gasteiger partial charge in [-0.15, -0.1) is 11.3 Å². The van der Waals surface area contributed by atoms with Crippen LogP contribution in [0.15, 0.2) is 41.6 Å². The Morgan fingerprint density at radius 2 is 1.94 bits per heavy atom. The number of aromatic nitrogens is 2. The zero-order valence-corrected chi connectivity index (χ0v) is 20.2. The van der Waals surface area contributed by atoms with E-state index in [0.29, 0.717) is 16.1 Å². The molecular weight excluding hydrogens is 485 g/mol. The monoisotopic (exact) mass is 510 g/mol. The molecule has 0 radical (unpaired) electrons. The smallest absolute Gasteiger partial charge is 0.355 e. The lowest BCUT2D eigenvalue weighted by molar-refractivity contribution is -0.126. The van der Waals surface area contributed by atoms with E-state index in [1.54, 1.807) is 18.2 Å². The van der Waals surface area contributed by atoms with Crippen molar-refractivity contribution in [2.24, 2.45) is 11.3 Å². The Bertz CT molecular complexity index is 1300. The maximum absolute atomic E-state index is 12.8. The summed E-state index contributed by atoms with van der Waals surface area (Å²) in [7, 11) is -2.03. The molecule has 0 unspecified atom stereocenters. The fraction of sp³-hybridized carbons (Fsp3) is 0.478. The number of fused-ring (bicyclic) bond motifs is 1. The van der Waals surface area contributed by atoms with Gasteiger partial charge >= 0.3 is 6.18 Å². The molecule has 2 aromatic heterocycles. The highest BCUT2D eigenvalue weighted by molar-refractivity contribution is 7.89. The van der Waals surface area contributed by atoms with Crippen molar-refractivity contribution in [2.75, 3.05) is 25.0 Å². The van der Waals surface area contributed by atoms with Gasteiger partial charge in [0.25, 0.3) is 0 Å². The van der Waals surface area contributed by atoms with E-state index in [0.717, 1.165) is 61.5 Å². The van der Waals surface area contributed by atoms with Crippen LogP contribution in [0.3, 0.4) is 0 Å². The number of thiophene rings is 1. The molecule has 1 spiro atoms. The zero-order valence-electron chi connectivity index (χ0n) is 18.6. The molecule has 1 aromatic carbocycles. The fourth-order valence-corrected chi connectivity index (χ4v) is 7.19. The third-order valence-electron chi connectivity index (χ3n) is 6.94. The summed E-state index contributed by atoms with van der Waals surface area (Å²) in [6.07, 6.45) is 0.362. The van der Waals surface area contributed by atoms with Crippen molar-refractivity contribution in [3.63, 3.8) is 0 Å². The molecule has 3 heterocycles. The number of alkyl halides is 3. The van der Waals surface area contributed by atoms with E-state index < -0.39 is 22.6 Å². The highest BCUT2D eigenvalue weighted by Crippen LogP contribution is 2.53. The normalized spacial score (nSPS) is 23.1. The first kappa shape index (κ1) is 23.5. The van der Waals surface area contributed by atoms with Crippen molar-refractivity contribution in [1.29, 1.82) is 0 Å². The molecular formula is C23H25F3N4O2S2. The number of hydrogen-bond donors (Lipinski definition) is 1. The van der Waals surface area contributed by atoms with Crippen molar-refractivity contribution in [1.82, 2.24) is 14.7 Å². The average molecular weight is 511 g/mol. The van der Waals surface area contributed by atoms with Crippen LogP contribution in [0, 0.1) is 11.3 Å². The van der Waals surface area contributed by atoms with Gasteiger partial charge in [-0.1, -0.05) is 12.1 Å². The van der Waals surface area contributed by atoms with Crippen molar-refractivity contribution in [2.45, 2.75) is 43.2 Å².